The highest BCUT2D eigenvalue weighted by molar-refractivity contribution is 14.1. The van der Waals surface area contributed by atoms with E-state index in [2.05, 4.69) is 22.6 Å². The number of amides is 3. The van der Waals surface area contributed by atoms with Crippen molar-refractivity contribution in [2.45, 2.75) is 6.61 Å². The molecule has 0 saturated carbocycles. The van der Waals surface area contributed by atoms with E-state index < -0.39 is 11.1 Å². The van der Waals surface area contributed by atoms with Gasteiger partial charge >= 0.3 is 0 Å². The topological polar surface area (TPSA) is 85.4 Å². The summed E-state index contributed by atoms with van der Waals surface area (Å²) in [7, 11) is 1.55. The lowest BCUT2D eigenvalue weighted by atomic mass is 10.1. The summed E-state index contributed by atoms with van der Waals surface area (Å²) in [4.78, 5) is 40.7. The van der Waals surface area contributed by atoms with Crippen LogP contribution in [0, 0.1) is 3.57 Å². The number of thioether (sulfide) groups is 1. The minimum Gasteiger partial charge on any atom is -0.493 e. The zero-order valence-electron chi connectivity index (χ0n) is 18.5. The summed E-state index contributed by atoms with van der Waals surface area (Å²) < 4.78 is 17.6. The van der Waals surface area contributed by atoms with E-state index in [9.17, 15) is 14.4 Å². The maximum atomic E-state index is 12.9. The monoisotopic (exact) mass is 594 g/mol. The van der Waals surface area contributed by atoms with Gasteiger partial charge in [0.15, 0.2) is 11.5 Å². The second-order valence-electron chi connectivity index (χ2n) is 7.57. The molecule has 2 aliphatic heterocycles. The van der Waals surface area contributed by atoms with E-state index in [-0.39, 0.29) is 17.4 Å². The Morgan fingerprint density at radius 1 is 1.18 bits per heavy atom. The van der Waals surface area contributed by atoms with E-state index in [1.807, 2.05) is 36.4 Å². The number of rotatable bonds is 7. The Kier molecular flexibility index (Phi) is 8.11. The van der Waals surface area contributed by atoms with Crippen molar-refractivity contribution in [3.63, 3.8) is 0 Å². The van der Waals surface area contributed by atoms with Gasteiger partial charge in [-0.25, -0.2) is 0 Å². The van der Waals surface area contributed by atoms with Crippen LogP contribution in [0.3, 0.4) is 0 Å². The van der Waals surface area contributed by atoms with Crippen LogP contribution in [0.2, 0.25) is 0 Å². The molecule has 0 radical (unpaired) electrons. The molecule has 3 amide bonds. The summed E-state index contributed by atoms with van der Waals surface area (Å²) in [6.45, 7) is 1.96. The average Bonchev–Trinajstić information content (AvgIpc) is 3.11. The van der Waals surface area contributed by atoms with Crippen molar-refractivity contribution in [2.24, 2.45) is 0 Å². The zero-order valence-corrected chi connectivity index (χ0v) is 21.5. The van der Waals surface area contributed by atoms with Crippen LogP contribution in [-0.2, 0) is 20.9 Å². The van der Waals surface area contributed by atoms with Gasteiger partial charge in [-0.1, -0.05) is 30.3 Å². The molecule has 0 unspecified atom stereocenters. The third kappa shape index (κ3) is 5.73. The highest BCUT2D eigenvalue weighted by atomic mass is 127. The predicted octanol–water partition coefficient (Wildman–Crippen LogP) is 3.77. The molecule has 2 heterocycles. The van der Waals surface area contributed by atoms with Gasteiger partial charge < -0.3 is 19.1 Å². The molecule has 2 aromatic rings. The predicted molar refractivity (Wildman–Crippen MR) is 137 cm³/mol. The van der Waals surface area contributed by atoms with E-state index in [4.69, 9.17) is 14.2 Å². The van der Waals surface area contributed by atoms with Crippen LogP contribution in [0.4, 0.5) is 4.79 Å². The Hall–Kier alpha value is -2.57. The van der Waals surface area contributed by atoms with E-state index in [1.54, 1.807) is 24.2 Å². The highest BCUT2D eigenvalue weighted by Crippen LogP contribution is 2.37. The largest absolute Gasteiger partial charge is 0.493 e. The Balaban J connectivity index is 1.48. The molecule has 2 saturated heterocycles. The standard InChI is InChI=1S/C24H23IN2O6S/c1-31-19-12-17(11-18(25)22(19)33-15-16-5-3-2-4-6-16)13-20-23(29)27(24(30)34-20)14-21(28)26-7-9-32-10-8-26/h2-6,11-13H,7-10,14-15H2,1H3/b20-13-. The zero-order chi connectivity index (χ0) is 24.1. The number of hydrogen-bond donors (Lipinski definition) is 0. The molecule has 2 aromatic carbocycles. The summed E-state index contributed by atoms with van der Waals surface area (Å²) in [6.07, 6.45) is 1.63. The molecule has 8 nitrogen and oxygen atoms in total. The molecule has 0 spiro atoms. The maximum Gasteiger partial charge on any atom is 0.294 e. The Labute approximate surface area is 215 Å². The summed E-state index contributed by atoms with van der Waals surface area (Å²) in [5.41, 5.74) is 1.73. The van der Waals surface area contributed by atoms with Crippen LogP contribution < -0.4 is 9.47 Å². The van der Waals surface area contributed by atoms with Gasteiger partial charge in [0.05, 0.1) is 28.8 Å². The number of carbonyl (C=O) groups excluding carboxylic acids is 3. The molecule has 0 atom stereocenters. The Morgan fingerprint density at radius 3 is 2.62 bits per heavy atom. The number of ether oxygens (including phenoxy) is 3. The molecule has 0 bridgehead atoms. The Morgan fingerprint density at radius 2 is 1.91 bits per heavy atom. The minimum absolute atomic E-state index is 0.260. The first-order chi connectivity index (χ1) is 16.5. The molecular formula is C24H23IN2O6S. The molecule has 34 heavy (non-hydrogen) atoms. The molecule has 0 aliphatic carbocycles. The van der Waals surface area contributed by atoms with E-state index in [0.29, 0.717) is 50.0 Å². The molecule has 2 fully saturated rings. The van der Waals surface area contributed by atoms with Gasteiger partial charge in [0, 0.05) is 13.1 Å². The van der Waals surface area contributed by atoms with E-state index in [1.165, 1.54) is 0 Å². The number of nitrogens with zero attached hydrogens (tertiary/aromatic N) is 2. The molecular weight excluding hydrogens is 571 g/mol. The fourth-order valence-electron chi connectivity index (χ4n) is 3.53. The summed E-state index contributed by atoms with van der Waals surface area (Å²) >= 11 is 2.98. The van der Waals surface area contributed by atoms with Crippen molar-refractivity contribution < 1.29 is 28.6 Å². The van der Waals surface area contributed by atoms with Gasteiger partial charge in [-0.15, -0.1) is 0 Å². The van der Waals surface area contributed by atoms with Crippen LogP contribution in [0.15, 0.2) is 47.4 Å². The SMILES string of the molecule is COc1cc(/C=C2\SC(=O)N(CC(=O)N3CCOCC3)C2=O)cc(I)c1OCc1ccccc1. The number of morpholine rings is 1. The quantitative estimate of drug-likeness (QED) is 0.357. The van der Waals surface area contributed by atoms with Crippen molar-refractivity contribution in [3.8, 4) is 11.5 Å². The van der Waals surface area contributed by atoms with Gasteiger partial charge in [0.25, 0.3) is 11.1 Å². The third-order valence-electron chi connectivity index (χ3n) is 5.31. The number of benzene rings is 2. The van der Waals surface area contributed by atoms with Crippen molar-refractivity contribution in [1.82, 2.24) is 9.80 Å². The van der Waals surface area contributed by atoms with Crippen LogP contribution in [0.1, 0.15) is 11.1 Å². The van der Waals surface area contributed by atoms with E-state index in [0.717, 1.165) is 25.8 Å². The first-order valence-corrected chi connectivity index (χ1v) is 12.5. The van der Waals surface area contributed by atoms with Crippen molar-refractivity contribution in [2.75, 3.05) is 40.0 Å². The summed E-state index contributed by atoms with van der Waals surface area (Å²) in [6, 6.07) is 13.4. The van der Waals surface area contributed by atoms with Crippen molar-refractivity contribution >= 4 is 57.5 Å². The second kappa shape index (κ2) is 11.2. The molecule has 4 rings (SSSR count). The van der Waals surface area contributed by atoms with Gasteiger partial charge in [-0.2, -0.15) is 0 Å². The lowest BCUT2D eigenvalue weighted by molar-refractivity contribution is -0.139. The second-order valence-corrected chi connectivity index (χ2v) is 9.72. The summed E-state index contributed by atoms with van der Waals surface area (Å²) in [5, 5.41) is -0.456. The van der Waals surface area contributed by atoms with Gasteiger partial charge in [0.2, 0.25) is 5.91 Å². The fraction of sp³-hybridized carbons (Fsp3) is 0.292. The molecule has 0 aromatic heterocycles. The fourth-order valence-corrected chi connectivity index (χ4v) is 5.15. The van der Waals surface area contributed by atoms with Crippen molar-refractivity contribution in [3.05, 3.63) is 62.1 Å². The summed E-state index contributed by atoms with van der Waals surface area (Å²) in [5.74, 6) is 0.391. The van der Waals surface area contributed by atoms with Crippen LogP contribution in [-0.4, -0.2) is 66.8 Å². The lowest BCUT2D eigenvalue weighted by Crippen LogP contribution is -2.46. The van der Waals surface area contributed by atoms with Crippen molar-refractivity contribution in [1.29, 1.82) is 0 Å². The van der Waals surface area contributed by atoms with E-state index >= 15 is 0 Å². The highest BCUT2D eigenvalue weighted by Gasteiger charge is 2.37. The minimum atomic E-state index is -0.477. The number of halogens is 1. The van der Waals surface area contributed by atoms with Crippen LogP contribution in [0.25, 0.3) is 6.08 Å². The molecule has 0 N–H and O–H groups in total. The third-order valence-corrected chi connectivity index (χ3v) is 7.01. The first kappa shape index (κ1) is 24.6. The molecule has 178 valence electrons. The number of hydrogen-bond acceptors (Lipinski definition) is 7. The van der Waals surface area contributed by atoms with Crippen LogP contribution >= 0.6 is 34.4 Å². The lowest BCUT2D eigenvalue weighted by Gasteiger charge is -2.28. The van der Waals surface area contributed by atoms with Gasteiger partial charge in [-0.05, 0) is 63.7 Å². The average molecular weight is 594 g/mol. The molecule has 2 aliphatic rings. The molecule has 10 heteroatoms. The maximum absolute atomic E-state index is 12.9. The smallest absolute Gasteiger partial charge is 0.294 e. The van der Waals surface area contributed by atoms with Gasteiger partial charge in [0.1, 0.15) is 13.2 Å². The van der Waals surface area contributed by atoms with Gasteiger partial charge in [-0.3, -0.25) is 19.3 Å². The Bertz CT molecular complexity index is 1120. The number of carbonyl (C=O) groups is 3. The normalized spacial score (nSPS) is 17.4. The van der Waals surface area contributed by atoms with Crippen LogP contribution in [0.5, 0.6) is 11.5 Å². The number of imide groups is 1. The first-order valence-electron chi connectivity index (χ1n) is 10.6. The number of methoxy groups -OCH3 is 1.